The van der Waals surface area contributed by atoms with E-state index in [2.05, 4.69) is 10.3 Å². The largest absolute Gasteiger partial charge is 0.373 e. The topological polar surface area (TPSA) is 98.7 Å². The van der Waals surface area contributed by atoms with Gasteiger partial charge in [-0.3, -0.25) is 4.79 Å². The smallest absolute Gasteiger partial charge is 0.282 e. The summed E-state index contributed by atoms with van der Waals surface area (Å²) in [6, 6.07) is -0.392. The van der Waals surface area contributed by atoms with Crippen LogP contribution in [0.2, 0.25) is 0 Å². The summed E-state index contributed by atoms with van der Waals surface area (Å²) in [5.74, 6) is 1.25. The van der Waals surface area contributed by atoms with Crippen LogP contribution >= 0.6 is 0 Å². The lowest BCUT2D eigenvalue weighted by Crippen LogP contribution is -2.45. The average molecular weight is 397 g/mol. The normalized spacial score (nSPS) is 21.2. The predicted octanol–water partition coefficient (Wildman–Crippen LogP) is 0.756. The molecule has 150 valence electrons. The molecule has 1 fully saturated rings. The maximum atomic E-state index is 12.8. The predicted molar refractivity (Wildman–Crippen MR) is 102 cm³/mol. The number of hydrogen-bond acceptors (Lipinski definition) is 6. The van der Waals surface area contributed by atoms with Crippen molar-refractivity contribution in [3.63, 3.8) is 0 Å². The van der Waals surface area contributed by atoms with Crippen molar-refractivity contribution in [2.24, 2.45) is 0 Å². The molecule has 3 heterocycles. The number of carbonyl (C=O) groups excluding carboxylic acids is 1. The van der Waals surface area contributed by atoms with Crippen molar-refractivity contribution in [2.75, 3.05) is 39.5 Å². The lowest BCUT2D eigenvalue weighted by Gasteiger charge is -2.36. The van der Waals surface area contributed by atoms with Gasteiger partial charge < -0.3 is 10.2 Å². The van der Waals surface area contributed by atoms with Gasteiger partial charge in [0.05, 0.1) is 18.3 Å². The molecule has 1 saturated heterocycles. The molecule has 2 aliphatic rings. The summed E-state index contributed by atoms with van der Waals surface area (Å²) in [5, 5.41) is 3.12. The van der Waals surface area contributed by atoms with Crippen LogP contribution in [-0.2, 0) is 28.0 Å². The van der Waals surface area contributed by atoms with E-state index in [1.54, 1.807) is 33.0 Å². The maximum Gasteiger partial charge on any atom is 0.282 e. The fraction of sp³-hybridized carbons (Fsp3) is 0.706. The van der Waals surface area contributed by atoms with Gasteiger partial charge in [0.1, 0.15) is 11.6 Å². The molecule has 0 radical (unpaired) electrons. The van der Waals surface area contributed by atoms with Gasteiger partial charge >= 0.3 is 0 Å². The minimum Gasteiger partial charge on any atom is -0.373 e. The highest BCUT2D eigenvalue weighted by molar-refractivity contribution is 7.86. The van der Waals surface area contributed by atoms with Crippen molar-refractivity contribution in [1.82, 2.24) is 23.5 Å². The SMILES string of the molecule is CNc1nc(C2CCCCN2S(=O)(=O)N(C)C)nc2c1CCN(C(C)=O)C2. The zero-order valence-corrected chi connectivity index (χ0v) is 17.2. The van der Waals surface area contributed by atoms with E-state index in [0.717, 1.165) is 29.9 Å². The van der Waals surface area contributed by atoms with E-state index in [0.29, 0.717) is 38.3 Å². The molecule has 1 aromatic heterocycles. The molecule has 1 atom stereocenters. The molecule has 2 aliphatic heterocycles. The number of nitrogens with zero attached hydrogens (tertiary/aromatic N) is 5. The summed E-state index contributed by atoms with van der Waals surface area (Å²) in [4.78, 5) is 22.9. The van der Waals surface area contributed by atoms with E-state index in [1.807, 2.05) is 0 Å². The van der Waals surface area contributed by atoms with Gasteiger partial charge in [0.25, 0.3) is 10.2 Å². The van der Waals surface area contributed by atoms with Crippen LogP contribution in [0.5, 0.6) is 0 Å². The van der Waals surface area contributed by atoms with Gasteiger partial charge in [0, 0.05) is 46.7 Å². The molecule has 1 amide bonds. The number of nitrogens with one attached hydrogen (secondary N) is 1. The van der Waals surface area contributed by atoms with Crippen LogP contribution in [0.15, 0.2) is 0 Å². The van der Waals surface area contributed by atoms with Crippen LogP contribution in [0.25, 0.3) is 0 Å². The molecule has 1 N–H and O–H groups in total. The minimum absolute atomic E-state index is 0.0151. The monoisotopic (exact) mass is 396 g/mol. The minimum atomic E-state index is -3.56. The number of fused-ring (bicyclic) bond motifs is 1. The van der Waals surface area contributed by atoms with Gasteiger partial charge in [-0.2, -0.15) is 17.0 Å². The highest BCUT2D eigenvalue weighted by Crippen LogP contribution is 2.34. The van der Waals surface area contributed by atoms with E-state index in [9.17, 15) is 13.2 Å². The van der Waals surface area contributed by atoms with Gasteiger partial charge in [0.2, 0.25) is 5.91 Å². The van der Waals surface area contributed by atoms with Crippen LogP contribution < -0.4 is 5.32 Å². The Hall–Kier alpha value is -1.78. The van der Waals surface area contributed by atoms with Crippen molar-refractivity contribution in [2.45, 2.75) is 45.2 Å². The van der Waals surface area contributed by atoms with Gasteiger partial charge in [-0.1, -0.05) is 6.42 Å². The second-order valence-corrected chi connectivity index (χ2v) is 9.30. The Bertz CT molecular complexity index is 826. The van der Waals surface area contributed by atoms with Gasteiger partial charge in [0.15, 0.2) is 0 Å². The third-order valence-electron chi connectivity index (χ3n) is 5.27. The Morgan fingerprint density at radius 2 is 1.96 bits per heavy atom. The fourth-order valence-corrected chi connectivity index (χ4v) is 5.02. The van der Waals surface area contributed by atoms with Gasteiger partial charge in [-0.25, -0.2) is 9.97 Å². The highest BCUT2D eigenvalue weighted by Gasteiger charge is 2.37. The van der Waals surface area contributed by atoms with E-state index >= 15 is 0 Å². The number of piperidine rings is 1. The molecule has 0 aromatic carbocycles. The Balaban J connectivity index is 2.03. The van der Waals surface area contributed by atoms with Crippen molar-refractivity contribution in [1.29, 1.82) is 0 Å². The first-order valence-corrected chi connectivity index (χ1v) is 10.7. The average Bonchev–Trinajstić information content (AvgIpc) is 2.66. The summed E-state index contributed by atoms with van der Waals surface area (Å²) in [5.41, 5.74) is 1.81. The molecular weight excluding hydrogens is 368 g/mol. The molecule has 27 heavy (non-hydrogen) atoms. The summed E-state index contributed by atoms with van der Waals surface area (Å²) in [6.07, 6.45) is 3.13. The molecule has 3 rings (SSSR count). The number of carbonyl (C=O) groups is 1. The molecule has 0 saturated carbocycles. The molecular formula is C17H28N6O3S. The summed E-state index contributed by atoms with van der Waals surface area (Å²) in [6.45, 7) is 3.09. The van der Waals surface area contributed by atoms with Crippen LogP contribution in [0.3, 0.4) is 0 Å². The highest BCUT2D eigenvalue weighted by atomic mass is 32.2. The first kappa shape index (κ1) is 20.0. The molecule has 0 spiro atoms. The van der Waals surface area contributed by atoms with Crippen LogP contribution in [-0.4, -0.2) is 72.0 Å². The van der Waals surface area contributed by atoms with Crippen molar-refractivity contribution >= 4 is 21.9 Å². The number of hydrogen-bond donors (Lipinski definition) is 1. The summed E-state index contributed by atoms with van der Waals surface area (Å²) < 4.78 is 28.3. The lowest BCUT2D eigenvalue weighted by molar-refractivity contribution is -0.129. The Morgan fingerprint density at radius 3 is 2.59 bits per heavy atom. The second kappa shape index (κ2) is 7.69. The van der Waals surface area contributed by atoms with Gasteiger partial charge in [-0.15, -0.1) is 0 Å². The third kappa shape index (κ3) is 3.78. The molecule has 10 heteroatoms. The maximum absolute atomic E-state index is 12.8. The van der Waals surface area contributed by atoms with E-state index in [1.165, 1.54) is 8.61 Å². The fourth-order valence-electron chi connectivity index (χ4n) is 3.72. The number of amides is 1. The lowest BCUT2D eigenvalue weighted by atomic mass is 10.0. The zero-order chi connectivity index (χ0) is 19.8. The molecule has 0 aliphatic carbocycles. The van der Waals surface area contributed by atoms with E-state index < -0.39 is 16.3 Å². The number of aromatic nitrogens is 2. The van der Waals surface area contributed by atoms with E-state index in [4.69, 9.17) is 4.98 Å². The second-order valence-electron chi connectivity index (χ2n) is 7.21. The molecule has 1 unspecified atom stereocenters. The molecule has 1 aromatic rings. The Morgan fingerprint density at radius 1 is 1.22 bits per heavy atom. The van der Waals surface area contributed by atoms with E-state index in [-0.39, 0.29) is 5.91 Å². The number of rotatable bonds is 4. The van der Waals surface area contributed by atoms with Crippen LogP contribution in [0.4, 0.5) is 5.82 Å². The molecule has 0 bridgehead atoms. The summed E-state index contributed by atoms with van der Waals surface area (Å²) in [7, 11) is 1.32. The standard InChI is InChI=1S/C17H28N6O3S/c1-12(24)22-10-8-13-14(11-22)19-17(20-16(13)18-2)15-7-5-6-9-23(15)27(25,26)21(3)4/h15H,5-11H2,1-4H3,(H,18,19,20). The van der Waals surface area contributed by atoms with Gasteiger partial charge in [-0.05, 0) is 19.3 Å². The molecule has 9 nitrogen and oxygen atoms in total. The first-order chi connectivity index (χ1) is 12.8. The number of anilines is 1. The summed E-state index contributed by atoms with van der Waals surface area (Å²) >= 11 is 0. The Kier molecular flexibility index (Phi) is 5.68. The van der Waals surface area contributed by atoms with Crippen molar-refractivity contribution < 1.29 is 13.2 Å². The van der Waals surface area contributed by atoms with Crippen molar-refractivity contribution in [3.8, 4) is 0 Å². The zero-order valence-electron chi connectivity index (χ0n) is 16.4. The quantitative estimate of drug-likeness (QED) is 0.807. The Labute approximate surface area is 160 Å². The third-order valence-corrected chi connectivity index (χ3v) is 7.23. The van der Waals surface area contributed by atoms with Crippen molar-refractivity contribution in [3.05, 3.63) is 17.1 Å². The van der Waals surface area contributed by atoms with Crippen LogP contribution in [0, 0.1) is 0 Å². The first-order valence-electron chi connectivity index (χ1n) is 9.28. The van der Waals surface area contributed by atoms with Crippen LogP contribution in [0.1, 0.15) is 49.3 Å².